The maximum Gasteiger partial charge on any atom is 0.242 e. The van der Waals surface area contributed by atoms with Crippen molar-refractivity contribution in [3.63, 3.8) is 0 Å². The number of likely N-dealkylation sites (N-methyl/N-ethyl adjacent to an activating group) is 1. The molecule has 25 heavy (non-hydrogen) atoms. The van der Waals surface area contributed by atoms with Crippen molar-refractivity contribution in [2.75, 3.05) is 31.6 Å². The van der Waals surface area contributed by atoms with Crippen LogP contribution in [0.2, 0.25) is 5.02 Å². The molecule has 7 heteroatoms. The van der Waals surface area contributed by atoms with Crippen molar-refractivity contribution in [2.45, 2.75) is 36.9 Å². The van der Waals surface area contributed by atoms with Gasteiger partial charge in [0, 0.05) is 44.3 Å². The standard InChI is InChI=1S/C18H22ClFN4O/c1-22-17(25)16-12-9-23(11-2-3-14(20)13(19)8-11)7-4-15(12)21-24(16)10-18(22)5-6-18/h2-3,8,12,15-16,21H,4-7,9-10H2,1H3. The summed E-state index contributed by atoms with van der Waals surface area (Å²) in [7, 11) is 1.96. The van der Waals surface area contributed by atoms with E-state index in [1.54, 1.807) is 12.1 Å². The number of nitrogens with zero attached hydrogens (tertiary/aromatic N) is 3. The third kappa shape index (κ3) is 2.31. The van der Waals surface area contributed by atoms with Gasteiger partial charge in [-0.05, 0) is 37.5 Å². The van der Waals surface area contributed by atoms with Crippen molar-refractivity contribution in [1.29, 1.82) is 0 Å². The van der Waals surface area contributed by atoms with Crippen molar-refractivity contribution in [2.24, 2.45) is 5.92 Å². The van der Waals surface area contributed by atoms with Crippen LogP contribution in [0.5, 0.6) is 0 Å². The van der Waals surface area contributed by atoms with E-state index in [1.807, 2.05) is 11.9 Å². The van der Waals surface area contributed by atoms with E-state index in [1.165, 1.54) is 6.07 Å². The Bertz CT molecular complexity index is 740. The van der Waals surface area contributed by atoms with E-state index in [0.717, 1.165) is 44.6 Å². The largest absolute Gasteiger partial charge is 0.371 e. The number of amides is 1. The molecule has 4 fully saturated rings. The molecule has 0 bridgehead atoms. The molecule has 1 amide bonds. The summed E-state index contributed by atoms with van der Waals surface area (Å²) in [5.74, 6) is 0.0826. The molecule has 134 valence electrons. The molecule has 0 radical (unpaired) electrons. The Kier molecular flexibility index (Phi) is 3.37. The molecule has 4 aliphatic rings. The van der Waals surface area contributed by atoms with Crippen LogP contribution >= 0.6 is 11.6 Å². The van der Waals surface area contributed by atoms with Crippen molar-refractivity contribution < 1.29 is 9.18 Å². The van der Waals surface area contributed by atoms with Gasteiger partial charge in [0.05, 0.1) is 10.6 Å². The first-order valence-electron chi connectivity index (χ1n) is 8.99. The van der Waals surface area contributed by atoms with Crippen molar-refractivity contribution in [1.82, 2.24) is 15.3 Å². The van der Waals surface area contributed by atoms with Gasteiger partial charge in [0.2, 0.25) is 5.91 Å². The fourth-order valence-electron chi connectivity index (χ4n) is 4.86. The van der Waals surface area contributed by atoms with E-state index in [2.05, 4.69) is 15.3 Å². The molecule has 5 nitrogen and oxygen atoms in total. The van der Waals surface area contributed by atoms with Crippen LogP contribution in [-0.2, 0) is 4.79 Å². The number of piperidine rings is 1. The summed E-state index contributed by atoms with van der Waals surface area (Å²) < 4.78 is 13.5. The first-order valence-corrected chi connectivity index (χ1v) is 9.37. The minimum Gasteiger partial charge on any atom is -0.371 e. The summed E-state index contributed by atoms with van der Waals surface area (Å²) >= 11 is 5.95. The zero-order valence-corrected chi connectivity index (χ0v) is 15.0. The molecule has 1 aromatic rings. The topological polar surface area (TPSA) is 38.8 Å². The van der Waals surface area contributed by atoms with E-state index in [4.69, 9.17) is 11.6 Å². The number of hydrogen-bond acceptors (Lipinski definition) is 4. The summed E-state index contributed by atoms with van der Waals surface area (Å²) in [5.41, 5.74) is 4.60. The Morgan fingerprint density at radius 1 is 1.36 bits per heavy atom. The highest BCUT2D eigenvalue weighted by Crippen LogP contribution is 2.47. The van der Waals surface area contributed by atoms with Crippen LogP contribution < -0.4 is 10.3 Å². The fourth-order valence-corrected chi connectivity index (χ4v) is 5.03. The van der Waals surface area contributed by atoms with Gasteiger partial charge in [0.1, 0.15) is 11.9 Å². The molecule has 5 rings (SSSR count). The summed E-state index contributed by atoms with van der Waals surface area (Å²) in [5, 5.41) is 2.35. The zero-order valence-electron chi connectivity index (χ0n) is 14.2. The van der Waals surface area contributed by atoms with Gasteiger partial charge in [0.15, 0.2) is 0 Å². The van der Waals surface area contributed by atoms with Crippen LogP contribution in [0.3, 0.4) is 0 Å². The number of anilines is 1. The number of halogens is 2. The van der Waals surface area contributed by atoms with Crippen LogP contribution in [0.4, 0.5) is 10.1 Å². The molecule has 0 aromatic heterocycles. The van der Waals surface area contributed by atoms with Crippen LogP contribution in [0.15, 0.2) is 18.2 Å². The fraction of sp³-hybridized carbons (Fsp3) is 0.611. The van der Waals surface area contributed by atoms with Gasteiger partial charge in [-0.2, -0.15) is 0 Å². The molecule has 3 heterocycles. The number of carbonyl (C=O) groups is 1. The molecule has 3 unspecified atom stereocenters. The van der Waals surface area contributed by atoms with Gasteiger partial charge < -0.3 is 9.80 Å². The van der Waals surface area contributed by atoms with Crippen LogP contribution in [-0.4, -0.2) is 60.1 Å². The lowest BCUT2D eigenvalue weighted by Crippen LogP contribution is -2.63. The number of piperazine rings is 1. The summed E-state index contributed by atoms with van der Waals surface area (Å²) in [6, 6.07) is 5.11. The number of fused-ring (bicyclic) bond motifs is 3. The molecule has 1 N–H and O–H groups in total. The van der Waals surface area contributed by atoms with E-state index in [9.17, 15) is 9.18 Å². The molecule has 3 saturated heterocycles. The minimum atomic E-state index is -0.396. The highest BCUT2D eigenvalue weighted by Gasteiger charge is 2.60. The molecule has 3 atom stereocenters. The van der Waals surface area contributed by atoms with Crippen LogP contribution in [0, 0.1) is 11.7 Å². The Balaban J connectivity index is 1.40. The van der Waals surface area contributed by atoms with Crippen LogP contribution in [0.25, 0.3) is 0 Å². The molecule has 1 aliphatic carbocycles. The molecular formula is C18H22ClFN4O. The number of hydrazine groups is 1. The highest BCUT2D eigenvalue weighted by atomic mass is 35.5. The third-order valence-corrected chi connectivity index (χ3v) is 6.88. The third-order valence-electron chi connectivity index (χ3n) is 6.59. The number of rotatable bonds is 1. The first-order chi connectivity index (χ1) is 12.0. The number of benzene rings is 1. The average Bonchev–Trinajstić information content (AvgIpc) is 3.27. The molecular weight excluding hydrogens is 343 g/mol. The Labute approximate surface area is 151 Å². The van der Waals surface area contributed by atoms with E-state index in [-0.39, 0.29) is 28.4 Å². The van der Waals surface area contributed by atoms with Crippen LogP contribution in [0.1, 0.15) is 19.3 Å². The second kappa shape index (κ2) is 5.32. The highest BCUT2D eigenvalue weighted by molar-refractivity contribution is 6.31. The van der Waals surface area contributed by atoms with Crippen molar-refractivity contribution >= 4 is 23.2 Å². The lowest BCUT2D eigenvalue weighted by Gasteiger charge is -2.43. The molecule has 1 spiro atoms. The molecule has 3 aliphatic heterocycles. The van der Waals surface area contributed by atoms with Gasteiger partial charge in [-0.25, -0.2) is 9.40 Å². The van der Waals surface area contributed by atoms with E-state index >= 15 is 0 Å². The van der Waals surface area contributed by atoms with E-state index < -0.39 is 5.82 Å². The maximum atomic E-state index is 13.5. The van der Waals surface area contributed by atoms with Gasteiger partial charge >= 0.3 is 0 Å². The van der Waals surface area contributed by atoms with Crippen molar-refractivity contribution in [3.05, 3.63) is 29.0 Å². The summed E-state index contributed by atoms with van der Waals surface area (Å²) in [6.45, 7) is 2.59. The maximum absolute atomic E-state index is 13.5. The Morgan fingerprint density at radius 3 is 2.88 bits per heavy atom. The second-order valence-electron chi connectivity index (χ2n) is 7.93. The first kappa shape index (κ1) is 15.9. The molecule has 1 aromatic carbocycles. The number of carbonyl (C=O) groups excluding carboxylic acids is 1. The minimum absolute atomic E-state index is 0.0677. The monoisotopic (exact) mass is 364 g/mol. The van der Waals surface area contributed by atoms with Gasteiger partial charge in [-0.3, -0.25) is 10.2 Å². The lowest BCUT2D eigenvalue weighted by atomic mass is 9.86. The average molecular weight is 365 g/mol. The smallest absolute Gasteiger partial charge is 0.242 e. The Morgan fingerprint density at radius 2 is 2.16 bits per heavy atom. The predicted molar refractivity (Wildman–Crippen MR) is 93.9 cm³/mol. The van der Waals surface area contributed by atoms with E-state index in [0.29, 0.717) is 6.04 Å². The second-order valence-corrected chi connectivity index (χ2v) is 8.33. The SMILES string of the molecule is CN1C(=O)C2C3CN(c4ccc(F)c(Cl)c4)CCC3NN2CC12CC2. The quantitative estimate of drug-likeness (QED) is 0.825. The number of hydrogen-bond donors (Lipinski definition) is 1. The van der Waals surface area contributed by atoms with Gasteiger partial charge in [-0.15, -0.1) is 0 Å². The summed E-state index contributed by atoms with van der Waals surface area (Å²) in [6.07, 6.45) is 3.18. The Hall–Kier alpha value is -1.37. The zero-order chi connectivity index (χ0) is 17.3. The normalized spacial score (nSPS) is 33.6. The lowest BCUT2D eigenvalue weighted by molar-refractivity contribution is -0.146. The summed E-state index contributed by atoms with van der Waals surface area (Å²) in [4.78, 5) is 17.2. The van der Waals surface area contributed by atoms with Gasteiger partial charge in [0.25, 0.3) is 0 Å². The van der Waals surface area contributed by atoms with Crippen molar-refractivity contribution in [3.8, 4) is 0 Å². The molecule has 1 saturated carbocycles. The predicted octanol–water partition coefficient (Wildman–Crippen LogP) is 1.87. The number of nitrogens with one attached hydrogen (secondary N) is 1. The van der Waals surface area contributed by atoms with Gasteiger partial charge in [-0.1, -0.05) is 11.6 Å².